The van der Waals surface area contributed by atoms with Gasteiger partial charge in [-0.15, -0.1) is 35.7 Å². The molecule has 11 heteroatoms. The topological polar surface area (TPSA) is 89.7 Å². The van der Waals surface area contributed by atoms with Gasteiger partial charge in [-0.2, -0.15) is 22.3 Å². The van der Waals surface area contributed by atoms with E-state index in [9.17, 15) is 0 Å². The molecule has 6 heterocycles. The van der Waals surface area contributed by atoms with E-state index in [-0.39, 0.29) is 31.3 Å². The molecule has 105 heavy (non-hydrogen) atoms. The fraction of sp³-hybridized carbons (Fsp3) is 0.191. The van der Waals surface area contributed by atoms with E-state index in [1.54, 1.807) is 0 Å². The predicted octanol–water partition coefficient (Wildman–Crippen LogP) is 24.5. The number of fused-ring (bicyclic) bond motifs is 12. The van der Waals surface area contributed by atoms with Crippen LogP contribution < -0.4 is 9.47 Å². The molecule has 10 aromatic carbocycles. The molecule has 0 saturated carbocycles. The maximum atomic E-state index is 6.52. The van der Waals surface area contributed by atoms with Crippen LogP contribution in [0.4, 0.5) is 0 Å². The summed E-state index contributed by atoms with van der Waals surface area (Å²) in [5, 5.41) is 14.2. The minimum Gasteiger partial charge on any atom is -0.509 e. The Morgan fingerprint density at radius 1 is 0.362 bits per heavy atom. The van der Waals surface area contributed by atoms with Gasteiger partial charge in [0.1, 0.15) is 23.1 Å². The summed E-state index contributed by atoms with van der Waals surface area (Å²) in [5.74, 6) is 4.43. The predicted molar refractivity (Wildman–Crippen MR) is 424 cm³/mol. The number of nitrogens with zero attached hydrogens (tertiary/aromatic N) is 8. The van der Waals surface area contributed by atoms with Crippen LogP contribution in [0.2, 0.25) is 0 Å². The molecule has 16 aromatic rings. The minimum absolute atomic E-state index is 0. The Kier molecular flexibility index (Phi) is 19.2. The van der Waals surface area contributed by atoms with Gasteiger partial charge in [0, 0.05) is 86.7 Å². The van der Waals surface area contributed by atoms with Crippen LogP contribution in [0.5, 0.6) is 23.0 Å². The van der Waals surface area contributed by atoms with Gasteiger partial charge >= 0.3 is 20.4 Å². The molecule has 0 N–H and O–H groups in total. The van der Waals surface area contributed by atoms with Crippen molar-refractivity contribution in [2.45, 2.75) is 116 Å². The normalized spacial score (nSPS) is 12.9. The summed E-state index contributed by atoms with van der Waals surface area (Å²) in [6.45, 7) is 9.22. The molecule has 2 aliphatic rings. The fourth-order valence-electron chi connectivity index (χ4n) is 16.7. The first-order chi connectivity index (χ1) is 51.3. The maximum Gasteiger partial charge on any atom is 2.00 e. The van der Waals surface area contributed by atoms with Gasteiger partial charge in [0.25, 0.3) is 0 Å². The smallest absolute Gasteiger partial charge is 0.509 e. The molecule has 10 nitrogen and oxygen atoms in total. The second-order valence-electron chi connectivity index (χ2n) is 28.0. The molecule has 0 unspecified atom stereocenters. The molecular weight excluding hydrogens is 1380 g/mol. The molecule has 0 spiro atoms. The van der Waals surface area contributed by atoms with E-state index in [1.807, 2.05) is 113 Å². The molecule has 2 aliphatic carbocycles. The summed E-state index contributed by atoms with van der Waals surface area (Å²) in [6.07, 6.45) is 26.2. The van der Waals surface area contributed by atoms with Gasteiger partial charge in [0.2, 0.25) is 0 Å². The van der Waals surface area contributed by atoms with Crippen LogP contribution in [0, 0.1) is 12.1 Å². The van der Waals surface area contributed by atoms with Crippen LogP contribution >= 0.6 is 0 Å². The summed E-state index contributed by atoms with van der Waals surface area (Å²) in [7, 11) is 0. The Labute approximate surface area is 628 Å². The first-order valence-corrected chi connectivity index (χ1v) is 37.2. The van der Waals surface area contributed by atoms with Crippen molar-refractivity contribution in [3.63, 3.8) is 0 Å². The second-order valence-corrected chi connectivity index (χ2v) is 28.0. The molecule has 0 amide bonds. The number of para-hydroxylation sites is 2. The quantitative estimate of drug-likeness (QED) is 0.0496. The fourth-order valence-corrected chi connectivity index (χ4v) is 16.7. The maximum absolute atomic E-state index is 6.52. The molecule has 0 fully saturated rings. The van der Waals surface area contributed by atoms with E-state index >= 15 is 0 Å². The third-order valence-electron chi connectivity index (χ3n) is 21.7. The van der Waals surface area contributed by atoms with E-state index in [4.69, 9.17) is 19.7 Å². The van der Waals surface area contributed by atoms with Crippen LogP contribution in [0.15, 0.2) is 280 Å². The number of hydrogen-bond acceptors (Lipinski definition) is 6. The molecule has 0 aliphatic heterocycles. The van der Waals surface area contributed by atoms with Gasteiger partial charge in [-0.1, -0.05) is 212 Å². The second kappa shape index (κ2) is 29.5. The van der Waals surface area contributed by atoms with Crippen LogP contribution in [-0.4, -0.2) is 38.7 Å². The molecule has 0 radical (unpaired) electrons. The standard InChI is InChI=1S/C47H42N4O.C47H40N4O.Pd/c2*1-3-5-25-47(26-6-4-2)42-18-9-7-16-38(42)39-23-21-33(28-43(39)47)34-31-49-50(32-34)35-14-13-15-36(29-35)52-37-22-24-41-40-17-8-10-19-44(40)51(45(41)30-37)46-20-11-12-27-48-46;/h7-24,27-32H,3-6,25-26H2,1-2H3;7-24,27-28,31-32H,3-6,25-26H2,1-2H3;/q;-2;+2. The van der Waals surface area contributed by atoms with E-state index < -0.39 is 0 Å². The average molecular weight is 1460 g/mol. The van der Waals surface area contributed by atoms with Crippen molar-refractivity contribution in [1.82, 2.24) is 38.7 Å². The third kappa shape index (κ3) is 12.6. The Balaban J connectivity index is 0.000000160. The molecule has 0 bridgehead atoms. The van der Waals surface area contributed by atoms with Gasteiger partial charge < -0.3 is 14.0 Å². The van der Waals surface area contributed by atoms with Crippen molar-refractivity contribution in [2.24, 2.45) is 0 Å². The van der Waals surface area contributed by atoms with Gasteiger partial charge in [0.05, 0.1) is 29.1 Å². The van der Waals surface area contributed by atoms with Crippen molar-refractivity contribution in [2.75, 3.05) is 0 Å². The monoisotopic (exact) mass is 1460 g/mol. The number of aromatic nitrogens is 8. The minimum atomic E-state index is 0. The van der Waals surface area contributed by atoms with E-state index in [0.717, 1.165) is 83.9 Å². The zero-order valence-corrected chi connectivity index (χ0v) is 61.3. The van der Waals surface area contributed by atoms with Crippen LogP contribution in [0.25, 0.3) is 111 Å². The van der Waals surface area contributed by atoms with Gasteiger partial charge in [-0.25, -0.2) is 14.6 Å². The molecule has 6 aromatic heterocycles. The Morgan fingerprint density at radius 3 is 1.47 bits per heavy atom. The summed E-state index contributed by atoms with van der Waals surface area (Å²) in [5.41, 5.74) is 22.1. The van der Waals surface area contributed by atoms with Crippen molar-refractivity contribution in [1.29, 1.82) is 0 Å². The van der Waals surface area contributed by atoms with Gasteiger partial charge in [0.15, 0.2) is 0 Å². The molecule has 18 rings (SSSR count). The van der Waals surface area contributed by atoms with Gasteiger partial charge in [-0.3, -0.25) is 9.25 Å². The first-order valence-electron chi connectivity index (χ1n) is 37.2. The van der Waals surface area contributed by atoms with E-state index in [2.05, 4.69) is 235 Å². The number of benzene rings is 10. The van der Waals surface area contributed by atoms with Crippen molar-refractivity contribution in [3.05, 3.63) is 314 Å². The summed E-state index contributed by atoms with van der Waals surface area (Å²) < 4.78 is 21.1. The van der Waals surface area contributed by atoms with Crippen LogP contribution in [0.1, 0.15) is 127 Å². The number of hydrogen-bond donors (Lipinski definition) is 0. The molecular formula is C94H82N8O2Pd. The zero-order chi connectivity index (χ0) is 70.1. The number of unbranched alkanes of at least 4 members (excludes halogenated alkanes) is 4. The summed E-state index contributed by atoms with van der Waals surface area (Å²) in [6, 6.07) is 92.5. The third-order valence-corrected chi connectivity index (χ3v) is 21.7. The summed E-state index contributed by atoms with van der Waals surface area (Å²) >= 11 is 0. The van der Waals surface area contributed by atoms with Gasteiger partial charge in [-0.05, 0) is 165 Å². The molecule has 520 valence electrons. The van der Waals surface area contributed by atoms with Crippen molar-refractivity contribution < 1.29 is 29.9 Å². The van der Waals surface area contributed by atoms with Crippen molar-refractivity contribution >= 4 is 43.6 Å². The molecule has 0 saturated heterocycles. The largest absolute Gasteiger partial charge is 2.00 e. The Morgan fingerprint density at radius 2 is 0.857 bits per heavy atom. The SMILES string of the molecule is CCCCC1(CCCC)c2ccccc2-c2ccc(-c3cnn(-c4[c-]c(Oc5[c-]c6c(cc5)c5ccccc5n6-c5ccccn5)ccc4)c3)cc21.CCCCC1(CCCC)c2ccccc2-c2ccc(-c3cnn(-c4cccc(Oc5ccc6c7ccccc7n(-c7ccccn7)c6c5)c4)c3)cc21.[Pd+2]. The Bertz CT molecular complexity index is 5430. The Hall–Kier alpha value is -11.2. The van der Waals surface area contributed by atoms with E-state index in [1.165, 1.54) is 138 Å². The van der Waals surface area contributed by atoms with Crippen molar-refractivity contribution in [3.8, 4) is 90.5 Å². The zero-order valence-electron chi connectivity index (χ0n) is 59.8. The summed E-state index contributed by atoms with van der Waals surface area (Å²) in [4.78, 5) is 9.32. The van der Waals surface area contributed by atoms with E-state index in [0.29, 0.717) is 11.5 Å². The molecule has 0 atom stereocenters. The number of pyridine rings is 2. The van der Waals surface area contributed by atoms with Crippen LogP contribution in [0.3, 0.4) is 0 Å². The number of ether oxygens (including phenoxy) is 2. The number of rotatable bonds is 22. The first kappa shape index (κ1) is 68.2. The van der Waals surface area contributed by atoms with Crippen LogP contribution in [-0.2, 0) is 31.3 Å². The average Bonchev–Trinajstić information content (AvgIpc) is 1.57.